The lowest BCUT2D eigenvalue weighted by molar-refractivity contribution is 0.433. The number of anilines is 1. The molecule has 0 radical (unpaired) electrons. The maximum atomic E-state index is 14.1. The van der Waals surface area contributed by atoms with Crippen molar-refractivity contribution in [2.24, 2.45) is 0 Å². The molecule has 0 saturated heterocycles. The number of nitrogens with two attached hydrogens (primary N) is 1. The van der Waals surface area contributed by atoms with Gasteiger partial charge in [-0.05, 0) is 30.7 Å². The van der Waals surface area contributed by atoms with Crippen molar-refractivity contribution < 1.29 is 8.91 Å². The Morgan fingerprint density at radius 2 is 2.00 bits per heavy atom. The first-order chi connectivity index (χ1) is 10.1. The topological polar surface area (TPSA) is 52.0 Å². The van der Waals surface area contributed by atoms with Crippen molar-refractivity contribution in [3.8, 4) is 22.5 Å². The van der Waals surface area contributed by atoms with E-state index < -0.39 is 5.82 Å². The van der Waals surface area contributed by atoms with Gasteiger partial charge in [0.05, 0.1) is 11.1 Å². The average Bonchev–Trinajstić information content (AvgIpc) is 2.83. The Bertz CT molecular complexity index is 814. The van der Waals surface area contributed by atoms with Crippen LogP contribution in [0.1, 0.15) is 5.56 Å². The Kier molecular flexibility index (Phi) is 3.39. The molecule has 3 aromatic rings. The fourth-order valence-electron chi connectivity index (χ4n) is 2.24. The zero-order chi connectivity index (χ0) is 15.0. The van der Waals surface area contributed by atoms with Crippen molar-refractivity contribution in [1.82, 2.24) is 5.16 Å². The summed E-state index contributed by atoms with van der Waals surface area (Å²) >= 11 is 5.94. The van der Waals surface area contributed by atoms with Crippen LogP contribution in [0.4, 0.5) is 10.2 Å². The first kappa shape index (κ1) is 13.6. The van der Waals surface area contributed by atoms with E-state index in [2.05, 4.69) is 5.16 Å². The molecule has 1 aromatic heterocycles. The third-order valence-electron chi connectivity index (χ3n) is 3.20. The van der Waals surface area contributed by atoms with E-state index in [0.29, 0.717) is 10.6 Å². The van der Waals surface area contributed by atoms with Crippen LogP contribution >= 0.6 is 11.6 Å². The molecule has 0 saturated carbocycles. The van der Waals surface area contributed by atoms with Gasteiger partial charge in [0.1, 0.15) is 5.82 Å². The zero-order valence-electron chi connectivity index (χ0n) is 11.2. The van der Waals surface area contributed by atoms with Gasteiger partial charge in [0, 0.05) is 5.02 Å². The summed E-state index contributed by atoms with van der Waals surface area (Å²) in [7, 11) is 0. The summed E-state index contributed by atoms with van der Waals surface area (Å²) in [5, 5.41) is 4.18. The predicted octanol–water partition coefficient (Wildman–Crippen LogP) is 4.69. The Morgan fingerprint density at radius 3 is 2.76 bits per heavy atom. The molecule has 1 heterocycles. The highest BCUT2D eigenvalue weighted by atomic mass is 35.5. The van der Waals surface area contributed by atoms with Crippen LogP contribution in [-0.4, -0.2) is 5.16 Å². The van der Waals surface area contributed by atoms with Gasteiger partial charge in [0.25, 0.3) is 0 Å². The Labute approximate surface area is 126 Å². The molecular weight excluding hydrogens is 291 g/mol. The van der Waals surface area contributed by atoms with Crippen LogP contribution in [-0.2, 0) is 0 Å². The lowest BCUT2D eigenvalue weighted by atomic mass is 10.00. The number of nitrogens with zero attached hydrogens (tertiary/aromatic N) is 1. The molecule has 2 N–H and O–H groups in total. The van der Waals surface area contributed by atoms with E-state index in [9.17, 15) is 4.39 Å². The second-order valence-corrected chi connectivity index (χ2v) is 5.20. The summed E-state index contributed by atoms with van der Waals surface area (Å²) in [6, 6.07) is 11.9. The number of aromatic nitrogens is 1. The molecule has 0 amide bonds. The van der Waals surface area contributed by atoms with Crippen LogP contribution in [0.25, 0.3) is 22.5 Å². The van der Waals surface area contributed by atoms with Crippen molar-refractivity contribution in [3.05, 3.63) is 58.9 Å². The maximum absolute atomic E-state index is 14.1. The molecule has 5 heteroatoms. The van der Waals surface area contributed by atoms with E-state index in [1.165, 1.54) is 18.2 Å². The third-order valence-corrected chi connectivity index (χ3v) is 3.43. The number of aryl methyl sites for hydroxylation is 1. The Balaban J connectivity index is 2.24. The zero-order valence-corrected chi connectivity index (χ0v) is 12.0. The summed E-state index contributed by atoms with van der Waals surface area (Å²) in [4.78, 5) is 0. The van der Waals surface area contributed by atoms with Gasteiger partial charge in [-0.3, -0.25) is 0 Å². The standard InChI is InChI=1S/C16H12ClFN2O/c1-9-3-2-4-10(7-9)14-15(21-20-16(14)19)12-8-11(17)5-6-13(12)18/h2-8H,1H3,(H2,19,20). The number of rotatable bonds is 2. The molecule has 0 unspecified atom stereocenters. The van der Waals surface area contributed by atoms with Crippen LogP contribution in [0.3, 0.4) is 0 Å². The van der Waals surface area contributed by atoms with E-state index in [0.717, 1.165) is 11.1 Å². The number of benzene rings is 2. The number of hydrogen-bond donors (Lipinski definition) is 1. The van der Waals surface area contributed by atoms with E-state index in [4.69, 9.17) is 21.9 Å². The van der Waals surface area contributed by atoms with Crippen LogP contribution in [0.5, 0.6) is 0 Å². The van der Waals surface area contributed by atoms with E-state index >= 15 is 0 Å². The van der Waals surface area contributed by atoms with Crippen molar-refractivity contribution >= 4 is 17.4 Å². The van der Waals surface area contributed by atoms with Crippen molar-refractivity contribution in [2.75, 3.05) is 5.73 Å². The fourth-order valence-corrected chi connectivity index (χ4v) is 2.41. The molecule has 0 atom stereocenters. The van der Waals surface area contributed by atoms with Crippen LogP contribution in [0.15, 0.2) is 47.0 Å². The summed E-state index contributed by atoms with van der Waals surface area (Å²) in [6.45, 7) is 1.97. The molecule has 21 heavy (non-hydrogen) atoms. The van der Waals surface area contributed by atoms with E-state index in [-0.39, 0.29) is 17.1 Å². The summed E-state index contributed by atoms with van der Waals surface area (Å²) in [5.74, 6) is 0.0533. The second kappa shape index (κ2) is 5.22. The minimum Gasteiger partial charge on any atom is -0.380 e. The molecule has 0 fully saturated rings. The number of halogens is 2. The highest BCUT2D eigenvalue weighted by Gasteiger charge is 2.20. The quantitative estimate of drug-likeness (QED) is 0.747. The molecule has 106 valence electrons. The second-order valence-electron chi connectivity index (χ2n) is 4.77. The monoisotopic (exact) mass is 302 g/mol. The molecule has 0 aliphatic rings. The van der Waals surface area contributed by atoms with Gasteiger partial charge in [-0.25, -0.2) is 4.39 Å². The normalized spacial score (nSPS) is 10.8. The van der Waals surface area contributed by atoms with Crippen LogP contribution in [0, 0.1) is 12.7 Å². The van der Waals surface area contributed by atoms with Crippen LogP contribution < -0.4 is 5.73 Å². The van der Waals surface area contributed by atoms with Crippen LogP contribution in [0.2, 0.25) is 5.02 Å². The Hall–Kier alpha value is -2.33. The highest BCUT2D eigenvalue weighted by molar-refractivity contribution is 6.30. The fraction of sp³-hybridized carbons (Fsp3) is 0.0625. The first-order valence-electron chi connectivity index (χ1n) is 6.34. The van der Waals surface area contributed by atoms with Gasteiger partial charge in [-0.15, -0.1) is 0 Å². The minimum atomic E-state index is -0.440. The lowest BCUT2D eigenvalue weighted by Gasteiger charge is -2.05. The van der Waals surface area contributed by atoms with Gasteiger partial charge >= 0.3 is 0 Å². The molecular formula is C16H12ClFN2O. The smallest absolute Gasteiger partial charge is 0.179 e. The van der Waals surface area contributed by atoms with E-state index in [1.54, 1.807) is 0 Å². The highest BCUT2D eigenvalue weighted by Crippen LogP contribution is 2.38. The van der Waals surface area contributed by atoms with Crippen molar-refractivity contribution in [1.29, 1.82) is 0 Å². The largest absolute Gasteiger partial charge is 0.380 e. The molecule has 2 aromatic carbocycles. The Morgan fingerprint density at radius 1 is 1.19 bits per heavy atom. The minimum absolute atomic E-state index is 0.218. The number of hydrogen-bond acceptors (Lipinski definition) is 3. The molecule has 0 spiro atoms. The molecule has 3 nitrogen and oxygen atoms in total. The average molecular weight is 303 g/mol. The van der Waals surface area contributed by atoms with E-state index in [1.807, 2.05) is 31.2 Å². The maximum Gasteiger partial charge on any atom is 0.179 e. The van der Waals surface area contributed by atoms with Gasteiger partial charge in [-0.2, -0.15) is 0 Å². The molecule has 0 aliphatic heterocycles. The summed E-state index contributed by atoms with van der Waals surface area (Å²) in [6.07, 6.45) is 0. The predicted molar refractivity (Wildman–Crippen MR) is 81.5 cm³/mol. The molecule has 3 rings (SSSR count). The van der Waals surface area contributed by atoms with Crippen molar-refractivity contribution in [2.45, 2.75) is 6.92 Å². The van der Waals surface area contributed by atoms with Gasteiger partial charge in [0.15, 0.2) is 11.6 Å². The number of nitrogen functional groups attached to an aromatic ring is 1. The van der Waals surface area contributed by atoms with Crippen molar-refractivity contribution in [3.63, 3.8) is 0 Å². The van der Waals surface area contributed by atoms with Gasteiger partial charge in [0.2, 0.25) is 0 Å². The SMILES string of the molecule is Cc1cccc(-c2c(N)noc2-c2cc(Cl)ccc2F)c1. The van der Waals surface area contributed by atoms with Gasteiger partial charge < -0.3 is 10.3 Å². The summed E-state index contributed by atoms with van der Waals surface area (Å²) in [5.41, 5.74) is 8.58. The molecule has 0 bridgehead atoms. The third kappa shape index (κ3) is 2.50. The summed E-state index contributed by atoms with van der Waals surface area (Å²) < 4.78 is 19.3. The molecule has 0 aliphatic carbocycles. The first-order valence-corrected chi connectivity index (χ1v) is 6.71. The van der Waals surface area contributed by atoms with Gasteiger partial charge in [-0.1, -0.05) is 46.6 Å². The lowest BCUT2D eigenvalue weighted by Crippen LogP contribution is -1.90.